The van der Waals surface area contributed by atoms with E-state index in [4.69, 9.17) is 0 Å². The molecule has 1 saturated heterocycles. The zero-order valence-corrected chi connectivity index (χ0v) is 13.6. The monoisotopic (exact) mass is 267 g/mol. The number of nitrogens with zero attached hydrogens (tertiary/aromatic N) is 2. The van der Waals surface area contributed by atoms with Crippen LogP contribution in [0.5, 0.6) is 0 Å². The Balaban J connectivity index is 1.95. The van der Waals surface area contributed by atoms with E-state index in [-0.39, 0.29) is 0 Å². The summed E-state index contributed by atoms with van der Waals surface area (Å²) < 4.78 is 0. The first-order chi connectivity index (χ1) is 8.94. The van der Waals surface area contributed by atoms with E-state index < -0.39 is 0 Å². The first kappa shape index (κ1) is 15.3. The molecule has 0 aromatic rings. The summed E-state index contributed by atoms with van der Waals surface area (Å²) in [4.78, 5) is 5.12. The zero-order valence-electron chi connectivity index (χ0n) is 13.6. The average molecular weight is 267 g/mol. The van der Waals surface area contributed by atoms with Gasteiger partial charge in [0.05, 0.1) is 0 Å². The van der Waals surface area contributed by atoms with Crippen molar-refractivity contribution in [1.29, 1.82) is 0 Å². The molecule has 0 radical (unpaired) electrons. The second-order valence-corrected chi connectivity index (χ2v) is 7.57. The molecule has 3 unspecified atom stereocenters. The molecule has 1 N–H and O–H groups in total. The van der Waals surface area contributed by atoms with E-state index >= 15 is 0 Å². The summed E-state index contributed by atoms with van der Waals surface area (Å²) in [6.07, 6.45) is 5.47. The van der Waals surface area contributed by atoms with Gasteiger partial charge in [-0.25, -0.2) is 0 Å². The molecule has 0 aromatic carbocycles. The van der Waals surface area contributed by atoms with Gasteiger partial charge in [0.1, 0.15) is 0 Å². The second kappa shape index (κ2) is 6.11. The van der Waals surface area contributed by atoms with Crippen molar-refractivity contribution in [1.82, 2.24) is 15.1 Å². The van der Waals surface area contributed by atoms with Crippen LogP contribution in [0.15, 0.2) is 0 Å². The zero-order chi connectivity index (χ0) is 14.0. The van der Waals surface area contributed by atoms with Gasteiger partial charge in [-0.15, -0.1) is 0 Å². The van der Waals surface area contributed by atoms with Crippen LogP contribution in [0.1, 0.15) is 39.5 Å². The molecule has 0 spiro atoms. The molecule has 3 nitrogen and oxygen atoms in total. The third kappa shape index (κ3) is 3.50. The van der Waals surface area contributed by atoms with Gasteiger partial charge < -0.3 is 15.1 Å². The van der Waals surface area contributed by atoms with Gasteiger partial charge in [-0.1, -0.05) is 20.3 Å². The highest BCUT2D eigenvalue weighted by Crippen LogP contribution is 2.37. The minimum Gasteiger partial charge on any atom is -0.315 e. The van der Waals surface area contributed by atoms with E-state index in [1.807, 2.05) is 0 Å². The number of rotatable bonds is 4. The molecule has 2 rings (SSSR count). The highest BCUT2D eigenvalue weighted by atomic mass is 15.2. The van der Waals surface area contributed by atoms with Gasteiger partial charge in [-0.3, -0.25) is 0 Å². The molecule has 2 fully saturated rings. The van der Waals surface area contributed by atoms with Crippen LogP contribution in [0, 0.1) is 11.3 Å². The van der Waals surface area contributed by atoms with Crippen molar-refractivity contribution in [3.63, 3.8) is 0 Å². The summed E-state index contributed by atoms with van der Waals surface area (Å²) >= 11 is 0. The number of likely N-dealkylation sites (tertiary alicyclic amines) is 1. The fraction of sp³-hybridized carbons (Fsp3) is 1.00. The van der Waals surface area contributed by atoms with Crippen molar-refractivity contribution >= 4 is 0 Å². The Labute approximate surface area is 119 Å². The van der Waals surface area contributed by atoms with Gasteiger partial charge in [-0.05, 0) is 58.3 Å². The lowest BCUT2D eigenvalue weighted by Crippen LogP contribution is -2.57. The van der Waals surface area contributed by atoms with E-state index in [2.05, 4.69) is 50.1 Å². The Morgan fingerprint density at radius 3 is 2.63 bits per heavy atom. The molecular weight excluding hydrogens is 234 g/mol. The molecule has 1 heterocycles. The lowest BCUT2D eigenvalue weighted by molar-refractivity contribution is 0.0593. The number of hydrogen-bond acceptors (Lipinski definition) is 3. The van der Waals surface area contributed by atoms with Gasteiger partial charge in [0.25, 0.3) is 0 Å². The lowest BCUT2D eigenvalue weighted by Gasteiger charge is -2.47. The first-order valence-electron chi connectivity index (χ1n) is 8.00. The molecule has 3 heteroatoms. The van der Waals surface area contributed by atoms with Crippen LogP contribution in [0.4, 0.5) is 0 Å². The molecular formula is C16H33N3. The van der Waals surface area contributed by atoms with Gasteiger partial charge in [0, 0.05) is 25.2 Å². The van der Waals surface area contributed by atoms with Crippen molar-refractivity contribution in [3.05, 3.63) is 0 Å². The number of hydrogen-bond donors (Lipinski definition) is 1. The third-order valence-corrected chi connectivity index (χ3v) is 5.46. The fourth-order valence-electron chi connectivity index (χ4n) is 4.39. The van der Waals surface area contributed by atoms with Gasteiger partial charge in [-0.2, -0.15) is 0 Å². The maximum Gasteiger partial charge on any atom is 0.0271 e. The quantitative estimate of drug-likeness (QED) is 0.841. The molecule has 112 valence electrons. The van der Waals surface area contributed by atoms with Crippen LogP contribution in [-0.2, 0) is 0 Å². The van der Waals surface area contributed by atoms with Crippen molar-refractivity contribution in [2.75, 3.05) is 40.8 Å². The van der Waals surface area contributed by atoms with Crippen LogP contribution in [0.2, 0.25) is 0 Å². The summed E-state index contributed by atoms with van der Waals surface area (Å²) in [7, 11) is 6.73. The van der Waals surface area contributed by atoms with E-state index in [9.17, 15) is 0 Å². The van der Waals surface area contributed by atoms with Crippen LogP contribution in [0.25, 0.3) is 0 Å². The predicted octanol–water partition coefficient (Wildman–Crippen LogP) is 2.04. The smallest absolute Gasteiger partial charge is 0.0271 e. The Morgan fingerprint density at radius 2 is 2.05 bits per heavy atom. The van der Waals surface area contributed by atoms with Crippen molar-refractivity contribution < 1.29 is 0 Å². The molecule has 0 aromatic heterocycles. The Kier molecular flexibility index (Phi) is 4.91. The molecule has 1 aliphatic carbocycles. The largest absolute Gasteiger partial charge is 0.315 e. The Hall–Kier alpha value is -0.120. The molecule has 2 aliphatic rings. The fourth-order valence-corrected chi connectivity index (χ4v) is 4.39. The van der Waals surface area contributed by atoms with Crippen LogP contribution in [-0.4, -0.2) is 62.7 Å². The summed E-state index contributed by atoms with van der Waals surface area (Å²) in [5.41, 5.74) is 0.429. The summed E-state index contributed by atoms with van der Waals surface area (Å²) in [5.74, 6) is 0.873. The molecule has 0 bridgehead atoms. The average Bonchev–Trinajstić information content (AvgIpc) is 2.73. The van der Waals surface area contributed by atoms with Crippen LogP contribution < -0.4 is 5.32 Å². The predicted molar refractivity (Wildman–Crippen MR) is 82.5 cm³/mol. The van der Waals surface area contributed by atoms with Gasteiger partial charge in [0.15, 0.2) is 0 Å². The van der Waals surface area contributed by atoms with Crippen molar-refractivity contribution in [3.8, 4) is 0 Å². The maximum absolute atomic E-state index is 3.61. The van der Waals surface area contributed by atoms with Crippen molar-refractivity contribution in [2.24, 2.45) is 11.3 Å². The maximum atomic E-state index is 3.61. The molecule has 3 atom stereocenters. The minimum atomic E-state index is 0.429. The lowest BCUT2D eigenvalue weighted by atomic mass is 9.70. The van der Waals surface area contributed by atoms with E-state index in [0.29, 0.717) is 17.5 Å². The topological polar surface area (TPSA) is 18.5 Å². The first-order valence-corrected chi connectivity index (χ1v) is 8.00. The highest BCUT2D eigenvalue weighted by molar-refractivity contribution is 4.97. The molecule has 0 amide bonds. The van der Waals surface area contributed by atoms with Gasteiger partial charge in [0.2, 0.25) is 0 Å². The Bertz CT molecular complexity index is 290. The summed E-state index contributed by atoms with van der Waals surface area (Å²) in [6, 6.07) is 1.34. The summed E-state index contributed by atoms with van der Waals surface area (Å²) in [6.45, 7) is 8.69. The molecule has 19 heavy (non-hydrogen) atoms. The Morgan fingerprint density at radius 1 is 1.32 bits per heavy atom. The van der Waals surface area contributed by atoms with Gasteiger partial charge >= 0.3 is 0 Å². The van der Waals surface area contributed by atoms with E-state index in [0.717, 1.165) is 5.92 Å². The number of likely N-dealkylation sites (N-methyl/N-ethyl adjacent to an activating group) is 2. The minimum absolute atomic E-state index is 0.429. The van der Waals surface area contributed by atoms with E-state index in [1.165, 1.54) is 45.3 Å². The van der Waals surface area contributed by atoms with E-state index in [1.54, 1.807) is 0 Å². The third-order valence-electron chi connectivity index (χ3n) is 5.46. The van der Waals surface area contributed by atoms with Crippen molar-refractivity contribution in [2.45, 2.75) is 51.6 Å². The highest BCUT2D eigenvalue weighted by Gasteiger charge is 2.40. The van der Waals surface area contributed by atoms with Crippen LogP contribution in [0.3, 0.4) is 0 Å². The van der Waals surface area contributed by atoms with Crippen LogP contribution >= 0.6 is 0 Å². The molecule has 1 saturated carbocycles. The molecule has 1 aliphatic heterocycles. The standard InChI is InChI=1S/C16H33N3/c1-16(2)9-6-7-14(15(16)17-3)19(5)12-13-8-10-18(4)11-13/h13-15,17H,6-12H2,1-5H3. The normalized spacial score (nSPS) is 36.0. The SMILES string of the molecule is CNC1C(N(C)CC2CCN(C)C2)CCCC1(C)C. The second-order valence-electron chi connectivity index (χ2n) is 7.57. The summed E-state index contributed by atoms with van der Waals surface area (Å²) in [5, 5.41) is 3.61. The number of nitrogens with one attached hydrogen (secondary N) is 1.